The lowest BCUT2D eigenvalue weighted by Crippen LogP contribution is -2.23. The van der Waals surface area contributed by atoms with Crippen LogP contribution in [0.2, 0.25) is 0 Å². The van der Waals surface area contributed by atoms with Crippen LogP contribution >= 0.6 is 0 Å². The molecule has 0 spiro atoms. The van der Waals surface area contributed by atoms with Crippen LogP contribution in [0.4, 0.5) is 17.1 Å². The SMILES string of the molecule is CCNC(=O)c1cccc(NC(=O)c2ccc(N3CCCC3)c([N+](=O)[O-])c2)c1. The number of amides is 2. The van der Waals surface area contributed by atoms with Gasteiger partial charge in [0.1, 0.15) is 5.69 Å². The maximum Gasteiger partial charge on any atom is 0.293 e. The van der Waals surface area contributed by atoms with Gasteiger partial charge in [0.05, 0.1) is 4.92 Å². The number of nitrogens with zero attached hydrogens (tertiary/aromatic N) is 2. The molecule has 0 atom stereocenters. The summed E-state index contributed by atoms with van der Waals surface area (Å²) in [6.45, 7) is 3.88. The summed E-state index contributed by atoms with van der Waals surface area (Å²) in [7, 11) is 0. The minimum absolute atomic E-state index is 0.0781. The Labute approximate surface area is 162 Å². The number of nitrogens with one attached hydrogen (secondary N) is 2. The minimum atomic E-state index is -0.468. The lowest BCUT2D eigenvalue weighted by Gasteiger charge is -2.17. The molecule has 0 bridgehead atoms. The van der Waals surface area contributed by atoms with Gasteiger partial charge in [0.15, 0.2) is 0 Å². The average Bonchev–Trinajstić information content (AvgIpc) is 3.22. The van der Waals surface area contributed by atoms with E-state index in [-0.39, 0.29) is 17.2 Å². The number of carbonyl (C=O) groups excluding carboxylic acids is 2. The van der Waals surface area contributed by atoms with Crippen molar-refractivity contribution in [1.82, 2.24) is 5.32 Å². The molecular weight excluding hydrogens is 360 g/mol. The van der Waals surface area contributed by atoms with Crippen LogP contribution in [0.3, 0.4) is 0 Å². The molecule has 28 heavy (non-hydrogen) atoms. The van der Waals surface area contributed by atoms with Crippen LogP contribution in [0.15, 0.2) is 42.5 Å². The third kappa shape index (κ3) is 4.28. The molecule has 0 saturated carbocycles. The second kappa shape index (κ2) is 8.51. The van der Waals surface area contributed by atoms with Gasteiger partial charge in [-0.15, -0.1) is 0 Å². The molecule has 1 fully saturated rings. The number of hydrogen-bond donors (Lipinski definition) is 2. The fourth-order valence-electron chi connectivity index (χ4n) is 3.24. The van der Waals surface area contributed by atoms with Gasteiger partial charge >= 0.3 is 0 Å². The van der Waals surface area contributed by atoms with Crippen molar-refractivity contribution < 1.29 is 14.5 Å². The lowest BCUT2D eigenvalue weighted by molar-refractivity contribution is -0.384. The van der Waals surface area contributed by atoms with Gasteiger partial charge in [-0.2, -0.15) is 0 Å². The maximum absolute atomic E-state index is 12.6. The zero-order chi connectivity index (χ0) is 20.1. The minimum Gasteiger partial charge on any atom is -0.366 e. The van der Waals surface area contributed by atoms with E-state index in [1.807, 2.05) is 11.8 Å². The number of anilines is 2. The van der Waals surface area contributed by atoms with Gasteiger partial charge in [0.2, 0.25) is 0 Å². The molecule has 0 unspecified atom stereocenters. The molecule has 1 aliphatic rings. The van der Waals surface area contributed by atoms with Gasteiger partial charge in [-0.05, 0) is 50.1 Å². The Hall–Kier alpha value is -3.42. The predicted octanol–water partition coefficient (Wildman–Crippen LogP) is 3.20. The van der Waals surface area contributed by atoms with Crippen molar-refractivity contribution in [3.8, 4) is 0 Å². The summed E-state index contributed by atoms with van der Waals surface area (Å²) in [6, 6.07) is 11.1. The molecule has 2 aromatic rings. The van der Waals surface area contributed by atoms with E-state index in [2.05, 4.69) is 10.6 Å². The van der Waals surface area contributed by atoms with Crippen LogP contribution in [0, 0.1) is 10.1 Å². The lowest BCUT2D eigenvalue weighted by atomic mass is 10.1. The third-order valence-corrected chi connectivity index (χ3v) is 4.60. The Morgan fingerprint density at radius 1 is 1.07 bits per heavy atom. The maximum atomic E-state index is 12.6. The molecule has 0 radical (unpaired) electrons. The fraction of sp³-hybridized carbons (Fsp3) is 0.300. The van der Waals surface area contributed by atoms with E-state index >= 15 is 0 Å². The second-order valence-corrected chi connectivity index (χ2v) is 6.55. The van der Waals surface area contributed by atoms with Crippen molar-refractivity contribution in [2.75, 3.05) is 29.9 Å². The zero-order valence-electron chi connectivity index (χ0n) is 15.6. The van der Waals surface area contributed by atoms with Gasteiger partial charge in [-0.3, -0.25) is 19.7 Å². The van der Waals surface area contributed by atoms with Gasteiger partial charge in [-0.25, -0.2) is 0 Å². The molecule has 1 aliphatic heterocycles. The number of hydrogen-bond acceptors (Lipinski definition) is 5. The molecule has 2 N–H and O–H groups in total. The molecule has 1 saturated heterocycles. The Bertz CT molecular complexity index is 907. The molecule has 8 heteroatoms. The van der Waals surface area contributed by atoms with E-state index < -0.39 is 10.8 Å². The molecular formula is C20H22N4O4. The van der Waals surface area contributed by atoms with Crippen molar-refractivity contribution >= 4 is 28.9 Å². The van der Waals surface area contributed by atoms with Gasteiger partial charge < -0.3 is 15.5 Å². The number of carbonyl (C=O) groups is 2. The smallest absolute Gasteiger partial charge is 0.293 e. The first kappa shape index (κ1) is 19.3. The van der Waals surface area contributed by atoms with E-state index in [1.54, 1.807) is 36.4 Å². The van der Waals surface area contributed by atoms with Crippen LogP contribution in [0.1, 0.15) is 40.5 Å². The first-order valence-corrected chi connectivity index (χ1v) is 9.22. The van der Waals surface area contributed by atoms with E-state index in [1.165, 1.54) is 6.07 Å². The standard InChI is InChI=1S/C20H22N4O4/c1-2-21-19(25)14-6-5-7-16(12-14)22-20(26)15-8-9-17(18(13-15)24(27)28)23-10-3-4-11-23/h5-9,12-13H,2-4,10-11H2,1H3,(H,21,25)(H,22,26). The molecule has 0 aliphatic carbocycles. The molecule has 3 rings (SSSR count). The van der Waals surface area contributed by atoms with Gasteiger partial charge in [0.25, 0.3) is 17.5 Å². The highest BCUT2D eigenvalue weighted by Gasteiger charge is 2.24. The second-order valence-electron chi connectivity index (χ2n) is 6.55. The fourth-order valence-corrected chi connectivity index (χ4v) is 3.24. The van der Waals surface area contributed by atoms with E-state index in [4.69, 9.17) is 0 Å². The van der Waals surface area contributed by atoms with Crippen LogP contribution in [0.25, 0.3) is 0 Å². The predicted molar refractivity (Wildman–Crippen MR) is 107 cm³/mol. The summed E-state index contributed by atoms with van der Waals surface area (Å²) in [5, 5.41) is 16.9. The Balaban J connectivity index is 1.81. The van der Waals surface area contributed by atoms with E-state index in [0.29, 0.717) is 23.5 Å². The summed E-state index contributed by atoms with van der Waals surface area (Å²) < 4.78 is 0. The van der Waals surface area contributed by atoms with Crippen LogP contribution < -0.4 is 15.5 Å². The van der Waals surface area contributed by atoms with Crippen molar-refractivity contribution in [3.63, 3.8) is 0 Å². The van der Waals surface area contributed by atoms with Crippen LogP contribution in [-0.4, -0.2) is 36.4 Å². The molecule has 2 aromatic carbocycles. The summed E-state index contributed by atoms with van der Waals surface area (Å²) >= 11 is 0. The highest BCUT2D eigenvalue weighted by atomic mass is 16.6. The quantitative estimate of drug-likeness (QED) is 0.590. The third-order valence-electron chi connectivity index (χ3n) is 4.60. The first-order valence-electron chi connectivity index (χ1n) is 9.22. The zero-order valence-corrected chi connectivity index (χ0v) is 15.6. The number of rotatable bonds is 6. The summed E-state index contributed by atoms with van der Waals surface area (Å²) in [5.74, 6) is -0.701. The Morgan fingerprint density at radius 3 is 2.46 bits per heavy atom. The van der Waals surface area contributed by atoms with E-state index in [0.717, 1.165) is 25.9 Å². The first-order chi connectivity index (χ1) is 13.5. The Kier molecular flexibility index (Phi) is 5.88. The molecule has 1 heterocycles. The number of nitro groups is 1. The van der Waals surface area contributed by atoms with Gasteiger partial charge in [-0.1, -0.05) is 6.07 Å². The molecule has 146 valence electrons. The molecule has 8 nitrogen and oxygen atoms in total. The summed E-state index contributed by atoms with van der Waals surface area (Å²) in [5.41, 5.74) is 1.52. The number of benzene rings is 2. The summed E-state index contributed by atoms with van der Waals surface area (Å²) in [6.07, 6.45) is 2.00. The largest absolute Gasteiger partial charge is 0.366 e. The average molecular weight is 382 g/mol. The van der Waals surface area contributed by atoms with Crippen molar-refractivity contribution in [3.05, 3.63) is 63.7 Å². The van der Waals surface area contributed by atoms with E-state index in [9.17, 15) is 19.7 Å². The van der Waals surface area contributed by atoms with Crippen molar-refractivity contribution in [1.29, 1.82) is 0 Å². The monoisotopic (exact) mass is 382 g/mol. The van der Waals surface area contributed by atoms with Crippen molar-refractivity contribution in [2.24, 2.45) is 0 Å². The van der Waals surface area contributed by atoms with Crippen molar-refractivity contribution in [2.45, 2.75) is 19.8 Å². The normalized spacial score (nSPS) is 13.2. The highest BCUT2D eigenvalue weighted by Crippen LogP contribution is 2.31. The van der Waals surface area contributed by atoms with Gasteiger partial charge in [0, 0.05) is 42.5 Å². The number of nitro benzene ring substituents is 1. The topological polar surface area (TPSA) is 105 Å². The summed E-state index contributed by atoms with van der Waals surface area (Å²) in [4.78, 5) is 37.5. The van der Waals surface area contributed by atoms with Crippen LogP contribution in [-0.2, 0) is 0 Å². The molecule has 2 amide bonds. The molecule has 0 aromatic heterocycles. The highest BCUT2D eigenvalue weighted by molar-refractivity contribution is 6.06. The van der Waals surface area contributed by atoms with Crippen LogP contribution in [0.5, 0.6) is 0 Å². The Morgan fingerprint density at radius 2 is 1.79 bits per heavy atom.